The first-order valence-corrected chi connectivity index (χ1v) is 9.46. The number of hydrogen-bond acceptors (Lipinski definition) is 5. The molecule has 19 heavy (non-hydrogen) atoms. The van der Waals surface area contributed by atoms with Crippen LogP contribution < -0.4 is 4.72 Å². The molecule has 1 aromatic heterocycles. The minimum atomic E-state index is -3.62. The molecular weight excluding hydrogens is 422 g/mol. The third kappa shape index (κ3) is 3.99. The molecule has 0 amide bonds. The van der Waals surface area contributed by atoms with Gasteiger partial charge in [-0.25, -0.2) is 13.1 Å². The van der Waals surface area contributed by atoms with Crippen molar-refractivity contribution in [3.8, 4) is 0 Å². The zero-order chi connectivity index (χ0) is 14.1. The largest absolute Gasteiger partial charge is 0.388 e. The Morgan fingerprint density at radius 2 is 2.05 bits per heavy atom. The third-order valence-corrected chi connectivity index (χ3v) is 7.09. The summed E-state index contributed by atoms with van der Waals surface area (Å²) in [5.41, 5.74) is -1.02. The van der Waals surface area contributed by atoms with E-state index in [-0.39, 0.29) is 11.4 Å². The maximum absolute atomic E-state index is 12.2. The first-order valence-electron chi connectivity index (χ1n) is 5.57. The Hall–Kier alpha value is 0.490. The van der Waals surface area contributed by atoms with Crippen molar-refractivity contribution in [2.45, 2.75) is 23.3 Å². The summed E-state index contributed by atoms with van der Waals surface area (Å²) in [6, 6.07) is 1.53. The van der Waals surface area contributed by atoms with Crippen LogP contribution in [-0.4, -0.2) is 38.9 Å². The SMILES string of the molecule is O=S(=O)(NCC1(O)CCOCC1)c1cc(Br)sc1Br. The van der Waals surface area contributed by atoms with Crippen LogP contribution in [0.3, 0.4) is 0 Å². The van der Waals surface area contributed by atoms with E-state index in [9.17, 15) is 13.5 Å². The standard InChI is InChI=1S/C10H13Br2NO4S2/c11-8-5-7(9(12)18-8)19(15,16)13-6-10(14)1-3-17-4-2-10/h5,13-14H,1-4,6H2. The zero-order valence-electron chi connectivity index (χ0n) is 9.86. The smallest absolute Gasteiger partial charge is 0.242 e. The van der Waals surface area contributed by atoms with Crippen molar-refractivity contribution in [3.63, 3.8) is 0 Å². The van der Waals surface area contributed by atoms with Crippen LogP contribution in [0.4, 0.5) is 0 Å². The van der Waals surface area contributed by atoms with Gasteiger partial charge in [0.2, 0.25) is 10.0 Å². The molecule has 1 fully saturated rings. The average Bonchev–Trinajstić information content (AvgIpc) is 2.68. The molecule has 2 heterocycles. The second-order valence-electron chi connectivity index (χ2n) is 4.35. The number of aliphatic hydroxyl groups is 1. The predicted molar refractivity (Wildman–Crippen MR) is 79.9 cm³/mol. The van der Waals surface area contributed by atoms with Gasteiger partial charge in [-0.3, -0.25) is 0 Å². The van der Waals surface area contributed by atoms with Gasteiger partial charge in [-0.1, -0.05) is 0 Å². The van der Waals surface area contributed by atoms with E-state index in [0.717, 1.165) is 3.79 Å². The lowest BCUT2D eigenvalue weighted by Crippen LogP contribution is -2.46. The Morgan fingerprint density at radius 3 is 2.58 bits per heavy atom. The van der Waals surface area contributed by atoms with E-state index in [0.29, 0.717) is 29.8 Å². The predicted octanol–water partition coefficient (Wildman–Crippen LogP) is 2.09. The highest BCUT2D eigenvalue weighted by Gasteiger charge is 2.32. The van der Waals surface area contributed by atoms with Gasteiger partial charge in [0, 0.05) is 32.6 Å². The molecule has 0 bridgehead atoms. The van der Waals surface area contributed by atoms with Crippen molar-refractivity contribution in [3.05, 3.63) is 13.6 Å². The number of sulfonamides is 1. The fourth-order valence-electron chi connectivity index (χ4n) is 1.74. The highest BCUT2D eigenvalue weighted by atomic mass is 79.9. The lowest BCUT2D eigenvalue weighted by molar-refractivity contribution is -0.0588. The Kier molecular flexibility index (Phi) is 5.08. The Labute approximate surface area is 132 Å². The van der Waals surface area contributed by atoms with Gasteiger partial charge in [0.15, 0.2) is 0 Å². The summed E-state index contributed by atoms with van der Waals surface area (Å²) in [6.07, 6.45) is 0.869. The normalized spacial score (nSPS) is 19.5. The van der Waals surface area contributed by atoms with Crippen LogP contribution in [0.5, 0.6) is 0 Å². The number of hydrogen-bond donors (Lipinski definition) is 2. The molecule has 2 N–H and O–H groups in total. The van der Waals surface area contributed by atoms with Crippen LogP contribution in [0.1, 0.15) is 12.8 Å². The Morgan fingerprint density at radius 1 is 1.42 bits per heavy atom. The molecule has 2 rings (SSSR count). The number of nitrogens with one attached hydrogen (secondary N) is 1. The molecule has 0 aromatic carbocycles. The summed E-state index contributed by atoms with van der Waals surface area (Å²) < 4.78 is 33.2. The van der Waals surface area contributed by atoms with Gasteiger partial charge < -0.3 is 9.84 Å². The minimum absolute atomic E-state index is 0.00139. The van der Waals surface area contributed by atoms with Crippen molar-refractivity contribution < 1.29 is 18.3 Å². The van der Waals surface area contributed by atoms with Gasteiger partial charge in [-0.15, -0.1) is 11.3 Å². The van der Waals surface area contributed by atoms with E-state index >= 15 is 0 Å². The van der Waals surface area contributed by atoms with Gasteiger partial charge in [-0.2, -0.15) is 0 Å². The van der Waals surface area contributed by atoms with Crippen molar-refractivity contribution >= 4 is 53.2 Å². The summed E-state index contributed by atoms with van der Waals surface area (Å²) in [5.74, 6) is 0. The first kappa shape index (κ1) is 15.9. The molecule has 5 nitrogen and oxygen atoms in total. The Balaban J connectivity index is 2.07. The second kappa shape index (κ2) is 6.08. The maximum Gasteiger partial charge on any atom is 0.242 e. The average molecular weight is 435 g/mol. The van der Waals surface area contributed by atoms with Crippen LogP contribution in [0.25, 0.3) is 0 Å². The van der Waals surface area contributed by atoms with Gasteiger partial charge in [-0.05, 0) is 37.9 Å². The minimum Gasteiger partial charge on any atom is -0.388 e. The molecule has 0 unspecified atom stereocenters. The summed E-state index contributed by atoms with van der Waals surface area (Å²) >= 11 is 7.75. The summed E-state index contributed by atoms with van der Waals surface area (Å²) in [6.45, 7) is 0.899. The monoisotopic (exact) mass is 433 g/mol. The lowest BCUT2D eigenvalue weighted by Gasteiger charge is -2.31. The van der Waals surface area contributed by atoms with Gasteiger partial charge in [0.25, 0.3) is 0 Å². The fraction of sp³-hybridized carbons (Fsp3) is 0.600. The molecule has 0 aliphatic carbocycles. The molecule has 9 heteroatoms. The first-order chi connectivity index (χ1) is 8.82. The molecule has 0 atom stereocenters. The Bertz CT molecular complexity index is 552. The molecule has 0 radical (unpaired) electrons. The zero-order valence-corrected chi connectivity index (χ0v) is 14.7. The molecule has 0 spiro atoms. The van der Waals surface area contributed by atoms with Gasteiger partial charge in [0.1, 0.15) is 4.90 Å². The summed E-state index contributed by atoms with van der Waals surface area (Å²) in [7, 11) is -3.62. The van der Waals surface area contributed by atoms with E-state index in [4.69, 9.17) is 4.74 Å². The van der Waals surface area contributed by atoms with Crippen LogP contribution in [0, 0.1) is 0 Å². The van der Waals surface area contributed by atoms with E-state index in [2.05, 4.69) is 36.6 Å². The molecule has 108 valence electrons. The van der Waals surface area contributed by atoms with Crippen molar-refractivity contribution in [2.75, 3.05) is 19.8 Å². The summed E-state index contributed by atoms with van der Waals surface area (Å²) in [5, 5.41) is 10.2. The van der Waals surface area contributed by atoms with E-state index in [1.165, 1.54) is 17.4 Å². The molecule has 1 aromatic rings. The van der Waals surface area contributed by atoms with Gasteiger partial charge >= 0.3 is 0 Å². The number of halogens is 2. The molecule has 1 saturated heterocycles. The van der Waals surface area contributed by atoms with E-state index in [1.807, 2.05) is 0 Å². The number of ether oxygens (including phenoxy) is 1. The quantitative estimate of drug-likeness (QED) is 0.760. The van der Waals surface area contributed by atoms with E-state index < -0.39 is 15.6 Å². The lowest BCUT2D eigenvalue weighted by atomic mass is 9.95. The number of rotatable bonds is 4. The molecule has 1 aliphatic heterocycles. The van der Waals surface area contributed by atoms with Gasteiger partial charge in [0.05, 0.1) is 13.2 Å². The van der Waals surface area contributed by atoms with Crippen LogP contribution in [0.15, 0.2) is 18.5 Å². The maximum atomic E-state index is 12.2. The van der Waals surface area contributed by atoms with Crippen molar-refractivity contribution in [1.82, 2.24) is 4.72 Å². The van der Waals surface area contributed by atoms with Crippen molar-refractivity contribution in [2.24, 2.45) is 0 Å². The highest BCUT2D eigenvalue weighted by molar-refractivity contribution is 9.12. The van der Waals surface area contributed by atoms with Crippen LogP contribution in [0.2, 0.25) is 0 Å². The van der Waals surface area contributed by atoms with Crippen LogP contribution >= 0.6 is 43.2 Å². The molecule has 1 aliphatic rings. The molecular formula is C10H13Br2NO4S2. The van der Waals surface area contributed by atoms with E-state index in [1.54, 1.807) is 0 Å². The topological polar surface area (TPSA) is 75.6 Å². The van der Waals surface area contributed by atoms with Crippen LogP contribution in [-0.2, 0) is 14.8 Å². The number of thiophene rings is 1. The highest BCUT2D eigenvalue weighted by Crippen LogP contribution is 2.34. The summed E-state index contributed by atoms with van der Waals surface area (Å²) in [4.78, 5) is 0.181. The van der Waals surface area contributed by atoms with Crippen molar-refractivity contribution in [1.29, 1.82) is 0 Å². The molecule has 0 saturated carbocycles. The fourth-order valence-corrected chi connectivity index (χ4v) is 6.67. The third-order valence-electron chi connectivity index (χ3n) is 2.93. The second-order valence-corrected chi connectivity index (χ2v) is 9.83.